The molecule has 0 amide bonds. The summed E-state index contributed by atoms with van der Waals surface area (Å²) in [6.07, 6.45) is 0. The third-order valence-corrected chi connectivity index (χ3v) is 7.56. The average Bonchev–Trinajstić information content (AvgIpc) is 3.12. The molecule has 6 nitrogen and oxygen atoms in total. The Morgan fingerprint density at radius 2 is 1.84 bits per heavy atom. The maximum absolute atomic E-state index is 13.1. The van der Waals surface area contributed by atoms with Crippen LogP contribution in [0.15, 0.2) is 53.4 Å². The van der Waals surface area contributed by atoms with Crippen molar-refractivity contribution in [2.75, 3.05) is 19.9 Å². The maximum Gasteiger partial charge on any atom is 0.231 e. The molecule has 3 atom stereocenters. The van der Waals surface area contributed by atoms with Crippen LogP contribution in [0.5, 0.6) is 11.5 Å². The van der Waals surface area contributed by atoms with Crippen LogP contribution in [0.1, 0.15) is 11.5 Å². The molecule has 2 aliphatic rings. The molecule has 1 heterocycles. The lowest BCUT2D eigenvalue weighted by Gasteiger charge is -2.12. The van der Waals surface area contributed by atoms with Gasteiger partial charge in [-0.2, -0.15) is 0 Å². The zero-order chi connectivity index (χ0) is 17.7. The number of benzene rings is 2. The van der Waals surface area contributed by atoms with Gasteiger partial charge in [0.2, 0.25) is 6.79 Å². The number of rotatable bonds is 5. The van der Waals surface area contributed by atoms with Crippen molar-refractivity contribution in [3.63, 3.8) is 0 Å². The summed E-state index contributed by atoms with van der Waals surface area (Å²) in [7, 11) is -3.62. The van der Waals surface area contributed by atoms with E-state index in [0.29, 0.717) is 11.5 Å². The minimum absolute atomic E-state index is 0.0827. The Kier molecular flexibility index (Phi) is 3.75. The van der Waals surface area contributed by atoms with Crippen molar-refractivity contribution in [1.82, 2.24) is 0 Å². The number of hydrogen-bond acceptors (Lipinski definition) is 6. The van der Waals surface area contributed by atoms with Crippen LogP contribution < -0.4 is 15.2 Å². The van der Waals surface area contributed by atoms with E-state index in [1.54, 1.807) is 42.5 Å². The summed E-state index contributed by atoms with van der Waals surface area (Å²) >= 11 is 0. The van der Waals surface area contributed by atoms with Gasteiger partial charge in [0.05, 0.1) is 16.8 Å². The van der Waals surface area contributed by atoms with Crippen molar-refractivity contribution in [2.45, 2.75) is 16.1 Å². The van der Waals surface area contributed by atoms with Crippen LogP contribution in [0.3, 0.4) is 0 Å². The molecule has 1 fully saturated rings. The number of fused-ring (bicyclic) bond motifs is 1. The zero-order valence-electron chi connectivity index (χ0n) is 13.5. The molecule has 0 saturated heterocycles. The molecule has 7 heteroatoms. The van der Waals surface area contributed by atoms with Crippen LogP contribution in [0, 0.1) is 5.41 Å². The molecular formula is C18H19NO5S. The average molecular weight is 361 g/mol. The fourth-order valence-corrected chi connectivity index (χ4v) is 6.28. The van der Waals surface area contributed by atoms with Crippen molar-refractivity contribution in [2.24, 2.45) is 11.1 Å². The Labute approximate surface area is 146 Å². The molecule has 25 heavy (non-hydrogen) atoms. The topological polar surface area (TPSA) is 98.9 Å². The monoisotopic (exact) mass is 361 g/mol. The maximum atomic E-state index is 13.1. The van der Waals surface area contributed by atoms with Crippen molar-refractivity contribution < 1.29 is 23.0 Å². The Balaban J connectivity index is 1.77. The molecule has 2 aromatic rings. The molecule has 0 spiro atoms. The van der Waals surface area contributed by atoms with E-state index in [1.807, 2.05) is 6.07 Å². The van der Waals surface area contributed by atoms with E-state index in [2.05, 4.69) is 0 Å². The third-order valence-electron chi connectivity index (χ3n) is 5.22. The van der Waals surface area contributed by atoms with E-state index in [9.17, 15) is 13.5 Å². The molecule has 3 N–H and O–H groups in total. The Morgan fingerprint density at radius 1 is 1.12 bits per heavy atom. The molecule has 1 aliphatic carbocycles. The van der Waals surface area contributed by atoms with E-state index >= 15 is 0 Å². The van der Waals surface area contributed by atoms with Crippen LogP contribution in [0.4, 0.5) is 0 Å². The Morgan fingerprint density at radius 3 is 2.52 bits per heavy atom. The first-order valence-electron chi connectivity index (χ1n) is 8.04. The van der Waals surface area contributed by atoms with Crippen LogP contribution in [0.2, 0.25) is 0 Å². The highest BCUT2D eigenvalue weighted by Gasteiger charge is 2.70. The van der Waals surface area contributed by atoms with Crippen LogP contribution in [-0.2, 0) is 9.84 Å². The number of nitrogens with two attached hydrogens (primary N) is 1. The van der Waals surface area contributed by atoms with E-state index in [1.165, 1.54) is 0 Å². The van der Waals surface area contributed by atoms with Gasteiger partial charge in [-0.1, -0.05) is 24.3 Å². The summed E-state index contributed by atoms with van der Waals surface area (Å²) in [6.45, 7) is -0.0596. The number of aliphatic hydroxyl groups is 1. The first-order chi connectivity index (χ1) is 12.0. The Hall–Kier alpha value is -2.09. The van der Waals surface area contributed by atoms with Gasteiger partial charge in [-0.25, -0.2) is 8.42 Å². The third kappa shape index (κ3) is 2.34. The van der Waals surface area contributed by atoms with Crippen molar-refractivity contribution in [3.8, 4) is 11.5 Å². The van der Waals surface area contributed by atoms with Gasteiger partial charge in [0.1, 0.15) is 0 Å². The molecule has 1 saturated carbocycles. The smallest absolute Gasteiger partial charge is 0.231 e. The fraction of sp³-hybridized carbons (Fsp3) is 0.333. The molecule has 132 valence electrons. The number of ether oxygens (including phenoxy) is 2. The van der Waals surface area contributed by atoms with Gasteiger partial charge in [-0.15, -0.1) is 0 Å². The zero-order valence-corrected chi connectivity index (χ0v) is 14.3. The lowest BCUT2D eigenvalue weighted by atomic mass is 10.00. The van der Waals surface area contributed by atoms with E-state index in [-0.39, 0.29) is 30.8 Å². The molecule has 0 radical (unpaired) electrons. The van der Waals surface area contributed by atoms with Gasteiger partial charge < -0.3 is 20.3 Å². The van der Waals surface area contributed by atoms with E-state index in [4.69, 9.17) is 15.2 Å². The normalized spacial score (nSPS) is 27.3. The molecule has 2 aromatic carbocycles. The predicted molar refractivity (Wildman–Crippen MR) is 91.3 cm³/mol. The highest BCUT2D eigenvalue weighted by molar-refractivity contribution is 7.92. The lowest BCUT2D eigenvalue weighted by molar-refractivity contribution is 0.174. The highest BCUT2D eigenvalue weighted by Crippen LogP contribution is 2.63. The summed E-state index contributed by atoms with van der Waals surface area (Å²) in [4.78, 5) is 0.245. The van der Waals surface area contributed by atoms with Gasteiger partial charge in [-0.3, -0.25) is 0 Å². The van der Waals surface area contributed by atoms with E-state index < -0.39 is 20.5 Å². The van der Waals surface area contributed by atoms with Gasteiger partial charge >= 0.3 is 0 Å². The van der Waals surface area contributed by atoms with Gasteiger partial charge in [0.25, 0.3) is 0 Å². The highest BCUT2D eigenvalue weighted by atomic mass is 32.2. The summed E-state index contributed by atoms with van der Waals surface area (Å²) in [5.41, 5.74) is 5.80. The molecular weight excluding hydrogens is 342 g/mol. The van der Waals surface area contributed by atoms with Crippen LogP contribution >= 0.6 is 0 Å². The summed E-state index contributed by atoms with van der Waals surface area (Å²) < 4.78 is 36.9. The second kappa shape index (κ2) is 5.72. The second-order valence-corrected chi connectivity index (χ2v) is 8.53. The molecule has 0 unspecified atom stereocenters. The molecule has 0 bridgehead atoms. The number of aliphatic hydroxyl groups excluding tert-OH is 1. The van der Waals surface area contributed by atoms with Gasteiger partial charge in [0.15, 0.2) is 21.3 Å². The summed E-state index contributed by atoms with van der Waals surface area (Å²) in [5.74, 6) is 0.834. The van der Waals surface area contributed by atoms with Crippen molar-refractivity contribution in [1.29, 1.82) is 0 Å². The molecule has 0 aromatic heterocycles. The minimum atomic E-state index is -3.62. The van der Waals surface area contributed by atoms with Crippen LogP contribution in [-0.4, -0.2) is 38.7 Å². The minimum Gasteiger partial charge on any atom is -0.454 e. The number of sulfone groups is 1. The standard InChI is InChI=1S/C18H19NO5S/c19-9-18(10-20)16(12-6-7-14-15(8-12)24-11-23-14)17(18)25(21,22)13-4-2-1-3-5-13/h1-8,16-17,20H,9-11,19H2/t16-,17+,18-/m0/s1. The van der Waals surface area contributed by atoms with Crippen molar-refractivity contribution >= 4 is 9.84 Å². The Bertz CT molecular complexity index is 893. The molecule has 4 rings (SSSR count). The second-order valence-electron chi connectivity index (χ2n) is 6.46. The number of hydrogen-bond donors (Lipinski definition) is 2. The first kappa shape index (κ1) is 16.4. The first-order valence-corrected chi connectivity index (χ1v) is 9.58. The summed E-state index contributed by atoms with van der Waals surface area (Å²) in [6, 6.07) is 13.7. The van der Waals surface area contributed by atoms with Crippen molar-refractivity contribution in [3.05, 3.63) is 54.1 Å². The molecule has 1 aliphatic heterocycles. The van der Waals surface area contributed by atoms with Crippen LogP contribution in [0.25, 0.3) is 0 Å². The summed E-state index contributed by atoms with van der Waals surface area (Å²) in [5, 5.41) is 9.20. The van der Waals surface area contributed by atoms with Gasteiger partial charge in [-0.05, 0) is 29.8 Å². The van der Waals surface area contributed by atoms with Gasteiger partial charge in [0, 0.05) is 17.9 Å². The lowest BCUT2D eigenvalue weighted by Crippen LogP contribution is -2.27. The van der Waals surface area contributed by atoms with E-state index in [0.717, 1.165) is 5.56 Å². The quantitative estimate of drug-likeness (QED) is 0.833. The fourth-order valence-electron chi connectivity index (χ4n) is 3.81. The predicted octanol–water partition coefficient (Wildman–Crippen LogP) is 1.29. The largest absolute Gasteiger partial charge is 0.454 e. The SMILES string of the molecule is NC[C@@]1(CO)[C@H](S(=O)(=O)c2ccccc2)[C@@H]1c1ccc2c(c1)OCO2.